The van der Waals surface area contributed by atoms with Crippen molar-refractivity contribution in [3.8, 4) is 0 Å². The Labute approximate surface area is 90.2 Å². The van der Waals surface area contributed by atoms with Crippen molar-refractivity contribution in [1.82, 2.24) is 0 Å². The van der Waals surface area contributed by atoms with Crippen LogP contribution in [-0.2, 0) is 0 Å². The lowest BCUT2D eigenvalue weighted by molar-refractivity contribution is 1.01. The number of nitrogens with two attached hydrogens (primary N) is 1. The Hall–Kier alpha value is -1.60. The molecule has 0 aromatic heterocycles. The van der Waals surface area contributed by atoms with Crippen molar-refractivity contribution in [2.45, 2.75) is 6.42 Å². The summed E-state index contributed by atoms with van der Waals surface area (Å²) in [5.41, 5.74) is 6.67. The van der Waals surface area contributed by atoms with Crippen LogP contribution in [0, 0.1) is 0 Å². The summed E-state index contributed by atoms with van der Waals surface area (Å²) in [5.74, 6) is 0. The second-order valence-corrected chi connectivity index (χ2v) is 3.59. The molecule has 2 rings (SSSR count). The second-order valence-electron chi connectivity index (χ2n) is 3.59. The Morgan fingerprint density at radius 2 is 1.80 bits per heavy atom. The first kappa shape index (κ1) is 9.94. The molecule has 0 atom stereocenters. The molecule has 15 heavy (non-hydrogen) atoms. The SMILES string of the molecule is NCCC=Cc1ccc2ccccc2c1. The Bertz CT molecular complexity index is 471. The van der Waals surface area contributed by atoms with E-state index in [9.17, 15) is 0 Å². The third-order valence-corrected chi connectivity index (χ3v) is 2.42. The smallest absolute Gasteiger partial charge is 0.00425 e. The van der Waals surface area contributed by atoms with Gasteiger partial charge in [0.1, 0.15) is 0 Å². The molecule has 76 valence electrons. The highest BCUT2D eigenvalue weighted by Crippen LogP contribution is 2.16. The van der Waals surface area contributed by atoms with Crippen molar-refractivity contribution < 1.29 is 0 Å². The van der Waals surface area contributed by atoms with E-state index in [-0.39, 0.29) is 0 Å². The highest BCUT2D eigenvalue weighted by atomic mass is 14.5. The van der Waals surface area contributed by atoms with Gasteiger partial charge in [-0.15, -0.1) is 0 Å². The molecule has 0 spiro atoms. The zero-order valence-corrected chi connectivity index (χ0v) is 8.69. The molecule has 2 N–H and O–H groups in total. The number of fused-ring (bicyclic) bond motifs is 1. The first-order valence-corrected chi connectivity index (χ1v) is 5.25. The van der Waals surface area contributed by atoms with Gasteiger partial charge in [0.15, 0.2) is 0 Å². The van der Waals surface area contributed by atoms with Gasteiger partial charge in [-0.1, -0.05) is 48.6 Å². The Balaban J connectivity index is 2.30. The van der Waals surface area contributed by atoms with Crippen molar-refractivity contribution in [2.75, 3.05) is 6.54 Å². The second kappa shape index (κ2) is 4.76. The summed E-state index contributed by atoms with van der Waals surface area (Å²) in [6.45, 7) is 0.712. The molecule has 0 bridgehead atoms. The molecule has 0 aliphatic carbocycles. The van der Waals surface area contributed by atoms with E-state index in [1.165, 1.54) is 16.3 Å². The third kappa shape index (κ3) is 2.45. The quantitative estimate of drug-likeness (QED) is 0.803. The van der Waals surface area contributed by atoms with Crippen molar-refractivity contribution in [2.24, 2.45) is 5.73 Å². The molecule has 2 aromatic carbocycles. The van der Waals surface area contributed by atoms with Gasteiger partial charge in [-0.3, -0.25) is 0 Å². The molecule has 0 fully saturated rings. The number of hydrogen-bond acceptors (Lipinski definition) is 1. The molecule has 1 heteroatoms. The summed E-state index contributed by atoms with van der Waals surface area (Å²) >= 11 is 0. The average molecular weight is 197 g/mol. The minimum absolute atomic E-state index is 0.712. The third-order valence-electron chi connectivity index (χ3n) is 2.42. The summed E-state index contributed by atoms with van der Waals surface area (Å²) in [7, 11) is 0. The number of rotatable bonds is 3. The fraction of sp³-hybridized carbons (Fsp3) is 0.143. The Morgan fingerprint density at radius 3 is 2.60 bits per heavy atom. The molecule has 2 aromatic rings. The van der Waals surface area contributed by atoms with Gasteiger partial charge in [-0.2, -0.15) is 0 Å². The molecule has 0 heterocycles. The molecule has 0 unspecified atom stereocenters. The summed E-state index contributed by atoms with van der Waals surface area (Å²) < 4.78 is 0. The van der Waals surface area contributed by atoms with E-state index < -0.39 is 0 Å². The lowest BCUT2D eigenvalue weighted by atomic mass is 10.1. The molecule has 0 saturated heterocycles. The largest absolute Gasteiger partial charge is 0.330 e. The maximum atomic E-state index is 5.43. The van der Waals surface area contributed by atoms with E-state index in [0.29, 0.717) is 6.54 Å². The molecule has 0 radical (unpaired) electrons. The number of benzene rings is 2. The minimum Gasteiger partial charge on any atom is -0.330 e. The zero-order chi connectivity index (χ0) is 10.5. The van der Waals surface area contributed by atoms with E-state index in [2.05, 4.69) is 54.6 Å². The van der Waals surface area contributed by atoms with E-state index in [4.69, 9.17) is 5.73 Å². The van der Waals surface area contributed by atoms with Gasteiger partial charge in [0, 0.05) is 0 Å². The molecule has 0 aliphatic heterocycles. The molecule has 0 aliphatic rings. The van der Waals surface area contributed by atoms with Crippen LogP contribution in [0.2, 0.25) is 0 Å². The van der Waals surface area contributed by atoms with E-state index >= 15 is 0 Å². The van der Waals surface area contributed by atoms with E-state index in [1.54, 1.807) is 0 Å². The molecular weight excluding hydrogens is 182 g/mol. The Kier molecular flexibility index (Phi) is 3.15. The monoisotopic (exact) mass is 197 g/mol. The lowest BCUT2D eigenvalue weighted by Crippen LogP contribution is -1.94. The fourth-order valence-corrected chi connectivity index (χ4v) is 1.63. The first-order chi connectivity index (χ1) is 7.40. The summed E-state index contributed by atoms with van der Waals surface area (Å²) in [6.07, 6.45) is 5.18. The minimum atomic E-state index is 0.712. The highest BCUT2D eigenvalue weighted by Gasteiger charge is 1.92. The standard InChI is InChI=1S/C14H15N/c15-10-4-3-5-12-8-9-13-6-1-2-7-14(13)11-12/h1-3,5-9,11H,4,10,15H2. The van der Waals surface area contributed by atoms with Crippen LogP contribution in [0.15, 0.2) is 48.5 Å². The van der Waals surface area contributed by atoms with Crippen LogP contribution in [0.4, 0.5) is 0 Å². The number of hydrogen-bond donors (Lipinski definition) is 1. The van der Waals surface area contributed by atoms with E-state index in [0.717, 1.165) is 6.42 Å². The molecule has 0 amide bonds. The summed E-state index contributed by atoms with van der Waals surface area (Å²) in [4.78, 5) is 0. The Morgan fingerprint density at radius 1 is 1.00 bits per heavy atom. The normalized spacial score (nSPS) is 11.3. The lowest BCUT2D eigenvalue weighted by Gasteiger charge is -1.98. The van der Waals surface area contributed by atoms with Crippen molar-refractivity contribution in [3.63, 3.8) is 0 Å². The van der Waals surface area contributed by atoms with Crippen LogP contribution in [0.1, 0.15) is 12.0 Å². The molecule has 1 nitrogen and oxygen atoms in total. The maximum Gasteiger partial charge on any atom is -0.00425 e. The predicted octanol–water partition coefficient (Wildman–Crippen LogP) is 3.20. The van der Waals surface area contributed by atoms with Gasteiger partial charge in [-0.05, 0) is 35.4 Å². The summed E-state index contributed by atoms with van der Waals surface area (Å²) in [5, 5.41) is 2.57. The van der Waals surface area contributed by atoms with Gasteiger partial charge in [0.25, 0.3) is 0 Å². The van der Waals surface area contributed by atoms with Crippen LogP contribution >= 0.6 is 0 Å². The van der Waals surface area contributed by atoms with Gasteiger partial charge >= 0.3 is 0 Å². The average Bonchev–Trinajstić information content (AvgIpc) is 2.29. The zero-order valence-electron chi connectivity index (χ0n) is 8.69. The van der Waals surface area contributed by atoms with Crippen LogP contribution in [0.3, 0.4) is 0 Å². The van der Waals surface area contributed by atoms with Gasteiger partial charge in [-0.25, -0.2) is 0 Å². The van der Waals surface area contributed by atoms with Crippen LogP contribution in [0.5, 0.6) is 0 Å². The van der Waals surface area contributed by atoms with Crippen molar-refractivity contribution >= 4 is 16.8 Å². The van der Waals surface area contributed by atoms with Gasteiger partial charge < -0.3 is 5.73 Å². The first-order valence-electron chi connectivity index (χ1n) is 5.25. The van der Waals surface area contributed by atoms with Gasteiger partial charge in [0.05, 0.1) is 0 Å². The molecular formula is C14H15N. The maximum absolute atomic E-state index is 5.43. The van der Waals surface area contributed by atoms with Crippen LogP contribution in [-0.4, -0.2) is 6.54 Å². The highest BCUT2D eigenvalue weighted by molar-refractivity contribution is 5.84. The topological polar surface area (TPSA) is 26.0 Å². The predicted molar refractivity (Wildman–Crippen MR) is 66.7 cm³/mol. The molecule has 0 saturated carbocycles. The van der Waals surface area contributed by atoms with Crippen LogP contribution in [0.25, 0.3) is 16.8 Å². The van der Waals surface area contributed by atoms with Crippen molar-refractivity contribution in [3.05, 3.63) is 54.1 Å². The summed E-state index contributed by atoms with van der Waals surface area (Å²) in [6, 6.07) is 14.9. The van der Waals surface area contributed by atoms with Crippen LogP contribution < -0.4 is 5.73 Å². The van der Waals surface area contributed by atoms with Crippen molar-refractivity contribution in [1.29, 1.82) is 0 Å². The fourth-order valence-electron chi connectivity index (χ4n) is 1.63. The van der Waals surface area contributed by atoms with Gasteiger partial charge in [0.2, 0.25) is 0 Å². The van der Waals surface area contributed by atoms with E-state index in [1.807, 2.05) is 0 Å².